The Hall–Kier alpha value is -4.45. The number of benzene rings is 3. The van der Waals surface area contributed by atoms with E-state index in [-0.39, 0.29) is 19.1 Å². The molecule has 0 aliphatic carbocycles. The molecule has 0 unspecified atom stereocenters. The molecule has 0 bridgehead atoms. The summed E-state index contributed by atoms with van der Waals surface area (Å²) in [5, 5.41) is 23.5. The third-order valence-corrected chi connectivity index (χ3v) is 6.27. The van der Waals surface area contributed by atoms with Crippen LogP contribution in [0.1, 0.15) is 21.5 Å². The van der Waals surface area contributed by atoms with Crippen LogP contribution in [0, 0.1) is 11.8 Å². The number of para-hydroxylation sites is 1. The van der Waals surface area contributed by atoms with Gasteiger partial charge in [-0.2, -0.15) is 0 Å². The molecule has 0 saturated carbocycles. The molecule has 1 amide bonds. The van der Waals surface area contributed by atoms with Gasteiger partial charge in [0.25, 0.3) is 5.91 Å². The van der Waals surface area contributed by atoms with Crippen LogP contribution in [0.4, 0.5) is 0 Å². The fourth-order valence-electron chi connectivity index (χ4n) is 4.47. The SMILES string of the molecule is COc1cc(-c2cccc(C(=O)N[C@@H](CO)Cc3c[nH]c4ccccc34)c2C#CCO)cc(OC)c1OC. The van der Waals surface area contributed by atoms with Crippen molar-refractivity contribution >= 4 is 16.8 Å². The first kappa shape index (κ1) is 26.6. The zero-order valence-corrected chi connectivity index (χ0v) is 21.5. The minimum Gasteiger partial charge on any atom is -0.493 e. The predicted octanol–water partition coefficient (Wildman–Crippen LogP) is 3.54. The molecule has 1 atom stereocenters. The van der Waals surface area contributed by atoms with E-state index >= 15 is 0 Å². The number of fused-ring (bicyclic) bond motifs is 1. The molecule has 4 aromatic rings. The summed E-state index contributed by atoms with van der Waals surface area (Å²) in [5.41, 5.74) is 4.06. The van der Waals surface area contributed by atoms with Crippen LogP contribution < -0.4 is 19.5 Å². The van der Waals surface area contributed by atoms with Crippen molar-refractivity contribution in [1.29, 1.82) is 0 Å². The van der Waals surface area contributed by atoms with Crippen LogP contribution in [0.5, 0.6) is 17.2 Å². The number of carbonyl (C=O) groups is 1. The number of H-pyrrole nitrogens is 1. The summed E-state index contributed by atoms with van der Waals surface area (Å²) in [6.45, 7) is -0.611. The fourth-order valence-corrected chi connectivity index (χ4v) is 4.47. The van der Waals surface area contributed by atoms with Gasteiger partial charge >= 0.3 is 0 Å². The highest BCUT2D eigenvalue weighted by molar-refractivity contribution is 5.99. The van der Waals surface area contributed by atoms with Gasteiger partial charge in [0.05, 0.1) is 39.5 Å². The predicted molar refractivity (Wildman–Crippen MR) is 146 cm³/mol. The number of amides is 1. The third kappa shape index (κ3) is 5.44. The van der Waals surface area contributed by atoms with Crippen LogP contribution in [-0.4, -0.2) is 61.7 Å². The molecule has 38 heavy (non-hydrogen) atoms. The maximum Gasteiger partial charge on any atom is 0.252 e. The van der Waals surface area contributed by atoms with Crippen molar-refractivity contribution in [1.82, 2.24) is 10.3 Å². The van der Waals surface area contributed by atoms with Gasteiger partial charge in [-0.15, -0.1) is 0 Å². The molecule has 4 rings (SSSR count). The summed E-state index contributed by atoms with van der Waals surface area (Å²) >= 11 is 0. The maximum atomic E-state index is 13.5. The lowest BCUT2D eigenvalue weighted by atomic mass is 9.94. The second kappa shape index (κ2) is 12.2. The average Bonchev–Trinajstić information content (AvgIpc) is 3.37. The van der Waals surface area contributed by atoms with Crippen molar-refractivity contribution in [2.75, 3.05) is 34.5 Å². The number of aliphatic hydroxyl groups excluding tert-OH is 2. The smallest absolute Gasteiger partial charge is 0.252 e. The van der Waals surface area contributed by atoms with E-state index in [0.717, 1.165) is 16.5 Å². The Labute approximate surface area is 221 Å². The number of hydrogen-bond donors (Lipinski definition) is 4. The average molecular weight is 515 g/mol. The largest absolute Gasteiger partial charge is 0.493 e. The summed E-state index contributed by atoms with van der Waals surface area (Å²) < 4.78 is 16.4. The van der Waals surface area contributed by atoms with Crippen LogP contribution in [0.15, 0.2) is 60.8 Å². The molecule has 196 valence electrons. The van der Waals surface area contributed by atoms with Gasteiger partial charge in [0.1, 0.15) is 6.61 Å². The van der Waals surface area contributed by atoms with E-state index in [1.54, 1.807) is 24.3 Å². The quantitative estimate of drug-likeness (QED) is 0.254. The number of ether oxygens (including phenoxy) is 3. The van der Waals surface area contributed by atoms with Crippen LogP contribution in [0.2, 0.25) is 0 Å². The molecule has 0 spiro atoms. The topological polar surface area (TPSA) is 113 Å². The van der Waals surface area contributed by atoms with Crippen LogP contribution in [-0.2, 0) is 6.42 Å². The van der Waals surface area contributed by atoms with Crippen LogP contribution in [0.3, 0.4) is 0 Å². The van der Waals surface area contributed by atoms with Crippen LogP contribution in [0.25, 0.3) is 22.0 Å². The van der Waals surface area contributed by atoms with Gasteiger partial charge < -0.3 is 34.7 Å². The molecular weight excluding hydrogens is 484 g/mol. The zero-order chi connectivity index (χ0) is 27.1. The van der Waals surface area contributed by atoms with Crippen molar-refractivity contribution in [3.05, 3.63) is 77.5 Å². The molecule has 1 heterocycles. The lowest BCUT2D eigenvalue weighted by molar-refractivity contribution is 0.0916. The number of nitrogens with one attached hydrogen (secondary N) is 2. The first-order valence-corrected chi connectivity index (χ1v) is 12.0. The standard InChI is InChI=1S/C30H30N2O6/c1-36-27-15-19(16-28(37-2)29(27)38-3)22-9-6-10-25(24(22)11-7-13-33)30(35)32-21(18-34)14-20-17-31-26-12-5-4-8-23(20)26/h4-6,8-10,12,15-17,21,31,33-34H,13-14,18H2,1-3H3,(H,32,35)/t21-/m1/s1. The maximum absolute atomic E-state index is 13.5. The molecule has 8 heteroatoms. The van der Waals surface area contributed by atoms with Gasteiger partial charge in [-0.25, -0.2) is 0 Å². The van der Waals surface area contributed by atoms with E-state index in [0.29, 0.717) is 45.9 Å². The number of carbonyl (C=O) groups excluding carboxylic acids is 1. The summed E-state index contributed by atoms with van der Waals surface area (Å²) in [5.74, 6) is 6.56. The van der Waals surface area contributed by atoms with Gasteiger partial charge in [-0.3, -0.25) is 4.79 Å². The van der Waals surface area contributed by atoms with Crippen molar-refractivity contribution in [3.8, 4) is 40.2 Å². The molecular formula is C30H30N2O6. The van der Waals surface area contributed by atoms with Gasteiger partial charge in [0, 0.05) is 22.7 Å². The molecule has 0 radical (unpaired) electrons. The monoisotopic (exact) mass is 514 g/mol. The number of hydrogen-bond acceptors (Lipinski definition) is 6. The number of aliphatic hydroxyl groups is 2. The summed E-state index contributed by atoms with van der Waals surface area (Å²) in [4.78, 5) is 16.7. The highest BCUT2D eigenvalue weighted by Crippen LogP contribution is 2.42. The Morgan fingerprint density at radius 1 is 1.00 bits per heavy atom. The summed E-state index contributed by atoms with van der Waals surface area (Å²) in [7, 11) is 4.58. The molecule has 8 nitrogen and oxygen atoms in total. The van der Waals surface area contributed by atoms with Crippen molar-refractivity contribution in [2.45, 2.75) is 12.5 Å². The fraction of sp³-hybridized carbons (Fsp3) is 0.233. The number of methoxy groups -OCH3 is 3. The van der Waals surface area contributed by atoms with Crippen molar-refractivity contribution in [3.63, 3.8) is 0 Å². The number of aromatic nitrogens is 1. The number of aromatic amines is 1. The Morgan fingerprint density at radius 2 is 1.74 bits per heavy atom. The highest BCUT2D eigenvalue weighted by atomic mass is 16.5. The summed E-state index contributed by atoms with van der Waals surface area (Å²) in [6.07, 6.45) is 2.33. The van der Waals surface area contributed by atoms with E-state index in [9.17, 15) is 15.0 Å². The van der Waals surface area contributed by atoms with Crippen LogP contribution >= 0.6 is 0 Å². The lowest BCUT2D eigenvalue weighted by Crippen LogP contribution is -2.39. The molecule has 4 N–H and O–H groups in total. The van der Waals surface area contributed by atoms with Gasteiger partial charge in [-0.05, 0) is 47.4 Å². The van der Waals surface area contributed by atoms with Crippen molar-refractivity contribution in [2.24, 2.45) is 0 Å². The van der Waals surface area contributed by atoms with E-state index in [4.69, 9.17) is 14.2 Å². The molecule has 0 fully saturated rings. The normalized spacial score (nSPS) is 11.4. The molecule has 0 saturated heterocycles. The summed E-state index contributed by atoms with van der Waals surface area (Å²) in [6, 6.07) is 16.2. The lowest BCUT2D eigenvalue weighted by Gasteiger charge is -2.18. The van der Waals surface area contributed by atoms with Gasteiger partial charge in [-0.1, -0.05) is 42.2 Å². The Bertz CT molecular complexity index is 1470. The minimum absolute atomic E-state index is 0.241. The van der Waals surface area contributed by atoms with E-state index < -0.39 is 6.04 Å². The highest BCUT2D eigenvalue weighted by Gasteiger charge is 2.21. The van der Waals surface area contributed by atoms with E-state index in [2.05, 4.69) is 22.1 Å². The van der Waals surface area contributed by atoms with E-state index in [1.165, 1.54) is 21.3 Å². The molecule has 0 aliphatic heterocycles. The molecule has 0 aliphatic rings. The second-order valence-corrected chi connectivity index (χ2v) is 8.52. The zero-order valence-electron chi connectivity index (χ0n) is 21.5. The Balaban J connectivity index is 1.71. The minimum atomic E-state index is -0.523. The molecule has 1 aromatic heterocycles. The first-order valence-electron chi connectivity index (χ1n) is 12.0. The third-order valence-electron chi connectivity index (χ3n) is 6.27. The Morgan fingerprint density at radius 3 is 2.39 bits per heavy atom. The second-order valence-electron chi connectivity index (χ2n) is 8.52. The Kier molecular flexibility index (Phi) is 8.54. The van der Waals surface area contributed by atoms with E-state index in [1.807, 2.05) is 36.5 Å². The first-order chi connectivity index (χ1) is 18.5. The van der Waals surface area contributed by atoms with Crippen molar-refractivity contribution < 1.29 is 29.2 Å². The molecule has 3 aromatic carbocycles. The van der Waals surface area contributed by atoms with Gasteiger partial charge in [0.2, 0.25) is 5.75 Å². The van der Waals surface area contributed by atoms with Gasteiger partial charge in [0.15, 0.2) is 11.5 Å². The number of rotatable bonds is 9.